The van der Waals surface area contributed by atoms with E-state index in [0.29, 0.717) is 13.0 Å². The summed E-state index contributed by atoms with van der Waals surface area (Å²) in [5, 5.41) is 0. The van der Waals surface area contributed by atoms with Gasteiger partial charge >= 0.3 is 5.97 Å². The number of carbonyl (C=O) groups excluding carboxylic acids is 2. The minimum absolute atomic E-state index is 0.0702. The molecule has 4 unspecified atom stereocenters. The van der Waals surface area contributed by atoms with Crippen molar-refractivity contribution in [3.8, 4) is 0 Å². The van der Waals surface area contributed by atoms with Crippen molar-refractivity contribution in [3.05, 3.63) is 0 Å². The Morgan fingerprint density at radius 1 is 1.09 bits per heavy atom. The molecule has 23 heavy (non-hydrogen) atoms. The first-order valence-electron chi connectivity index (χ1n) is 9.56. The SMILES string of the molecule is CC(C)C(C(=O)OC1CCC2CCCCC2C1)N1CCCC1=O. The van der Waals surface area contributed by atoms with Crippen LogP contribution in [0.1, 0.15) is 71.6 Å². The van der Waals surface area contributed by atoms with Crippen LogP contribution in [0.15, 0.2) is 0 Å². The molecule has 2 aliphatic carbocycles. The summed E-state index contributed by atoms with van der Waals surface area (Å²) in [5.41, 5.74) is 0. The lowest BCUT2D eigenvalue weighted by molar-refractivity contribution is -0.163. The molecule has 4 atom stereocenters. The number of esters is 1. The number of carbonyl (C=O) groups is 2. The number of rotatable bonds is 4. The van der Waals surface area contributed by atoms with E-state index in [0.717, 1.165) is 31.1 Å². The highest BCUT2D eigenvalue weighted by molar-refractivity contribution is 5.86. The number of hydrogen-bond acceptors (Lipinski definition) is 3. The number of amides is 1. The van der Waals surface area contributed by atoms with E-state index in [-0.39, 0.29) is 23.9 Å². The number of fused-ring (bicyclic) bond motifs is 1. The van der Waals surface area contributed by atoms with Crippen molar-refractivity contribution < 1.29 is 14.3 Å². The van der Waals surface area contributed by atoms with E-state index in [1.54, 1.807) is 4.90 Å². The van der Waals surface area contributed by atoms with Gasteiger partial charge < -0.3 is 9.64 Å². The van der Waals surface area contributed by atoms with E-state index in [9.17, 15) is 9.59 Å². The molecule has 0 spiro atoms. The molecule has 3 aliphatic rings. The molecule has 0 aromatic rings. The fourth-order valence-corrected chi connectivity index (χ4v) is 4.89. The Morgan fingerprint density at radius 3 is 2.48 bits per heavy atom. The molecule has 0 radical (unpaired) electrons. The maximum atomic E-state index is 12.7. The van der Waals surface area contributed by atoms with E-state index in [1.807, 2.05) is 13.8 Å². The van der Waals surface area contributed by atoms with Crippen molar-refractivity contribution >= 4 is 11.9 Å². The van der Waals surface area contributed by atoms with Crippen molar-refractivity contribution in [2.75, 3.05) is 6.54 Å². The van der Waals surface area contributed by atoms with Gasteiger partial charge in [0.25, 0.3) is 0 Å². The molecule has 1 aliphatic heterocycles. The summed E-state index contributed by atoms with van der Waals surface area (Å²) in [7, 11) is 0. The van der Waals surface area contributed by atoms with Gasteiger partial charge in [-0.15, -0.1) is 0 Å². The van der Waals surface area contributed by atoms with Gasteiger partial charge in [-0.3, -0.25) is 4.79 Å². The van der Waals surface area contributed by atoms with Crippen LogP contribution in [0.4, 0.5) is 0 Å². The van der Waals surface area contributed by atoms with E-state index >= 15 is 0 Å². The molecule has 1 saturated heterocycles. The van der Waals surface area contributed by atoms with Gasteiger partial charge in [-0.25, -0.2) is 4.79 Å². The highest BCUT2D eigenvalue weighted by Gasteiger charge is 2.39. The Hall–Kier alpha value is -1.06. The Bertz CT molecular complexity index is 448. The monoisotopic (exact) mass is 321 g/mol. The van der Waals surface area contributed by atoms with Crippen molar-refractivity contribution in [1.29, 1.82) is 0 Å². The summed E-state index contributed by atoms with van der Waals surface area (Å²) in [6, 6.07) is -0.394. The van der Waals surface area contributed by atoms with Crippen LogP contribution in [0, 0.1) is 17.8 Å². The lowest BCUT2D eigenvalue weighted by atomic mass is 9.70. The zero-order valence-electron chi connectivity index (χ0n) is 14.6. The first-order valence-corrected chi connectivity index (χ1v) is 9.56. The molecule has 2 saturated carbocycles. The third-order valence-corrected chi connectivity index (χ3v) is 6.09. The molecular formula is C19H31NO3. The van der Waals surface area contributed by atoms with Crippen molar-refractivity contribution in [3.63, 3.8) is 0 Å². The molecule has 0 bridgehead atoms. The maximum Gasteiger partial charge on any atom is 0.329 e. The lowest BCUT2D eigenvalue weighted by Gasteiger charge is -2.39. The number of nitrogens with zero attached hydrogens (tertiary/aromatic N) is 1. The molecule has 0 N–H and O–H groups in total. The normalized spacial score (nSPS) is 32.7. The molecule has 0 aromatic carbocycles. The van der Waals surface area contributed by atoms with Gasteiger partial charge in [0.15, 0.2) is 0 Å². The standard InChI is InChI=1S/C19H31NO3/c1-13(2)18(20-11-5-8-17(20)21)19(22)23-16-10-9-14-6-3-4-7-15(14)12-16/h13-16,18H,3-12H2,1-2H3. The second-order valence-electron chi connectivity index (χ2n) is 8.06. The highest BCUT2D eigenvalue weighted by atomic mass is 16.5. The van der Waals surface area contributed by atoms with Crippen LogP contribution in [-0.4, -0.2) is 35.5 Å². The van der Waals surface area contributed by atoms with E-state index in [1.165, 1.54) is 32.1 Å². The quantitative estimate of drug-likeness (QED) is 0.744. The fraction of sp³-hybridized carbons (Fsp3) is 0.895. The second-order valence-corrected chi connectivity index (χ2v) is 8.06. The van der Waals surface area contributed by atoms with Crippen molar-refractivity contribution in [1.82, 2.24) is 4.90 Å². The lowest BCUT2D eigenvalue weighted by Crippen LogP contribution is -2.47. The van der Waals surface area contributed by atoms with Crippen molar-refractivity contribution in [2.45, 2.75) is 83.8 Å². The predicted molar refractivity (Wildman–Crippen MR) is 88.8 cm³/mol. The maximum absolute atomic E-state index is 12.7. The van der Waals surface area contributed by atoms with Crippen LogP contribution >= 0.6 is 0 Å². The number of ether oxygens (including phenoxy) is 1. The Morgan fingerprint density at radius 2 is 1.83 bits per heavy atom. The molecule has 3 fully saturated rings. The molecular weight excluding hydrogens is 290 g/mol. The molecule has 1 amide bonds. The van der Waals surface area contributed by atoms with Crippen molar-refractivity contribution in [2.24, 2.45) is 17.8 Å². The summed E-state index contributed by atoms with van der Waals surface area (Å²) < 4.78 is 5.89. The largest absolute Gasteiger partial charge is 0.461 e. The van der Waals surface area contributed by atoms with Crippen LogP contribution in [-0.2, 0) is 14.3 Å². The molecule has 130 valence electrons. The molecule has 0 aromatic heterocycles. The van der Waals surface area contributed by atoms with Gasteiger partial charge in [0.2, 0.25) is 5.91 Å². The Kier molecular flexibility index (Phi) is 5.27. The average Bonchev–Trinajstić information content (AvgIpc) is 2.93. The van der Waals surface area contributed by atoms with Gasteiger partial charge in [0, 0.05) is 13.0 Å². The van der Waals surface area contributed by atoms with Gasteiger partial charge in [0.05, 0.1) is 0 Å². The minimum Gasteiger partial charge on any atom is -0.461 e. The van der Waals surface area contributed by atoms with Crippen LogP contribution in [0.2, 0.25) is 0 Å². The van der Waals surface area contributed by atoms with Gasteiger partial charge in [-0.05, 0) is 43.4 Å². The zero-order valence-corrected chi connectivity index (χ0v) is 14.6. The molecule has 4 heteroatoms. The summed E-state index contributed by atoms with van der Waals surface area (Å²) in [6.07, 6.45) is 10.1. The summed E-state index contributed by atoms with van der Waals surface area (Å²) in [4.78, 5) is 26.5. The third-order valence-electron chi connectivity index (χ3n) is 6.09. The molecule has 1 heterocycles. The highest BCUT2D eigenvalue weighted by Crippen LogP contribution is 2.41. The molecule has 4 nitrogen and oxygen atoms in total. The minimum atomic E-state index is -0.394. The number of hydrogen-bond donors (Lipinski definition) is 0. The number of likely N-dealkylation sites (tertiary alicyclic amines) is 1. The van der Waals surface area contributed by atoms with Gasteiger partial charge in [0.1, 0.15) is 12.1 Å². The Labute approximate surface area is 139 Å². The fourth-order valence-electron chi connectivity index (χ4n) is 4.89. The summed E-state index contributed by atoms with van der Waals surface area (Å²) >= 11 is 0. The van der Waals surface area contributed by atoms with Crippen LogP contribution in [0.25, 0.3) is 0 Å². The average molecular weight is 321 g/mol. The smallest absolute Gasteiger partial charge is 0.329 e. The zero-order chi connectivity index (χ0) is 16.4. The van der Waals surface area contributed by atoms with Crippen LogP contribution < -0.4 is 0 Å². The van der Waals surface area contributed by atoms with Gasteiger partial charge in [-0.2, -0.15) is 0 Å². The first kappa shape index (κ1) is 16.8. The van der Waals surface area contributed by atoms with Gasteiger partial charge in [-0.1, -0.05) is 39.5 Å². The van der Waals surface area contributed by atoms with E-state index in [2.05, 4.69) is 0 Å². The summed E-state index contributed by atoms with van der Waals surface area (Å²) in [5.74, 6) is 1.66. The molecule has 3 rings (SSSR count). The summed E-state index contributed by atoms with van der Waals surface area (Å²) in [6.45, 7) is 4.72. The third kappa shape index (κ3) is 3.72. The van der Waals surface area contributed by atoms with Crippen LogP contribution in [0.5, 0.6) is 0 Å². The van der Waals surface area contributed by atoms with E-state index < -0.39 is 6.04 Å². The first-order chi connectivity index (χ1) is 11.1. The Balaban J connectivity index is 1.59. The van der Waals surface area contributed by atoms with E-state index in [4.69, 9.17) is 4.74 Å². The predicted octanol–water partition coefficient (Wildman–Crippen LogP) is 3.54. The topological polar surface area (TPSA) is 46.6 Å². The van der Waals surface area contributed by atoms with Crippen LogP contribution in [0.3, 0.4) is 0 Å². The second kappa shape index (κ2) is 7.23.